The Balaban J connectivity index is 2.74. The number of likely N-dealkylation sites (N-methyl/N-ethyl adjacent to an activating group) is 1. The summed E-state index contributed by atoms with van der Waals surface area (Å²) in [4.78, 5) is 25.7. The van der Waals surface area contributed by atoms with Crippen molar-refractivity contribution < 1.29 is 9.59 Å². The fourth-order valence-corrected chi connectivity index (χ4v) is 1.88. The zero-order valence-corrected chi connectivity index (χ0v) is 12.5. The number of rotatable bonds is 5. The summed E-state index contributed by atoms with van der Waals surface area (Å²) in [7, 11) is 0. The Morgan fingerprint density at radius 3 is 2.52 bits per heavy atom. The molecule has 0 spiro atoms. The number of carbonyl (C=O) groups excluding carboxylic acids is 2. The average molecular weight is 287 g/mol. The van der Waals surface area contributed by atoms with Crippen molar-refractivity contribution in [2.45, 2.75) is 13.8 Å². The first-order valence-corrected chi connectivity index (χ1v) is 6.97. The van der Waals surface area contributed by atoms with Gasteiger partial charge in [-0.05, 0) is 26.0 Å². The molecule has 1 aromatic carbocycles. The van der Waals surface area contributed by atoms with E-state index in [0.717, 1.165) is 0 Å². The molecule has 0 fully saturated rings. The highest BCUT2D eigenvalue weighted by Crippen LogP contribution is 2.07. The molecule has 2 amide bonds. The minimum absolute atomic E-state index is 0.0147. The molecular weight excluding hydrogens is 266 g/mol. The molecule has 0 aromatic heterocycles. The number of nitrogens with two attached hydrogens (primary N) is 1. The molecule has 0 radical (unpaired) electrons. The van der Waals surface area contributed by atoms with Crippen LogP contribution in [0.3, 0.4) is 0 Å². The zero-order chi connectivity index (χ0) is 15.7. The minimum Gasteiger partial charge on any atom is -0.343 e. The molecule has 3 N–H and O–H groups in total. The van der Waals surface area contributed by atoms with Gasteiger partial charge in [0, 0.05) is 18.7 Å². The van der Waals surface area contributed by atoms with Gasteiger partial charge in [0.25, 0.3) is 5.91 Å². The van der Waals surface area contributed by atoms with Gasteiger partial charge in [-0.25, -0.2) is 0 Å². The Morgan fingerprint density at radius 2 is 1.90 bits per heavy atom. The van der Waals surface area contributed by atoms with E-state index in [1.165, 1.54) is 0 Å². The number of hydrogen-bond acceptors (Lipinski definition) is 3. The highest BCUT2D eigenvalue weighted by Gasteiger charge is 2.13. The molecule has 0 aliphatic rings. The molecule has 21 heavy (non-hydrogen) atoms. The third kappa shape index (κ3) is 4.93. The van der Waals surface area contributed by atoms with E-state index in [-0.39, 0.29) is 24.9 Å². The fourth-order valence-electron chi connectivity index (χ4n) is 1.88. The molecular formula is C16H21N3O2. The van der Waals surface area contributed by atoms with Crippen LogP contribution in [0.5, 0.6) is 0 Å². The third-order valence-corrected chi connectivity index (χ3v) is 3.01. The Labute approximate surface area is 125 Å². The molecule has 0 atom stereocenters. The number of benzene rings is 1. The van der Waals surface area contributed by atoms with Crippen molar-refractivity contribution in [1.82, 2.24) is 10.2 Å². The largest absolute Gasteiger partial charge is 0.343 e. The molecule has 1 aromatic rings. The molecule has 0 aliphatic heterocycles. The third-order valence-electron chi connectivity index (χ3n) is 3.01. The second-order valence-corrected chi connectivity index (χ2v) is 4.30. The van der Waals surface area contributed by atoms with E-state index < -0.39 is 0 Å². The van der Waals surface area contributed by atoms with Crippen LogP contribution in [0.25, 0.3) is 0 Å². The van der Waals surface area contributed by atoms with Crippen LogP contribution >= 0.6 is 0 Å². The number of nitrogens with one attached hydrogen (secondary N) is 1. The summed E-state index contributed by atoms with van der Waals surface area (Å²) in [5.41, 5.74) is 6.40. The van der Waals surface area contributed by atoms with Crippen LogP contribution in [0.2, 0.25) is 0 Å². The van der Waals surface area contributed by atoms with Crippen molar-refractivity contribution in [2.75, 3.05) is 26.2 Å². The Bertz CT molecular complexity index is 554. The molecule has 0 unspecified atom stereocenters. The topological polar surface area (TPSA) is 75.4 Å². The Kier molecular flexibility index (Phi) is 6.99. The summed E-state index contributed by atoms with van der Waals surface area (Å²) in [6.45, 7) is 5.28. The lowest BCUT2D eigenvalue weighted by Gasteiger charge is -2.18. The van der Waals surface area contributed by atoms with Crippen molar-refractivity contribution in [3.63, 3.8) is 0 Å². The molecule has 5 heteroatoms. The first-order chi connectivity index (χ1) is 10.1. The highest BCUT2D eigenvalue weighted by molar-refractivity contribution is 5.98. The maximum atomic E-state index is 12.2. The summed E-state index contributed by atoms with van der Waals surface area (Å²) in [5, 5.41) is 2.64. The normalized spacial score (nSPS) is 9.48. The van der Waals surface area contributed by atoms with Crippen molar-refractivity contribution in [3.05, 3.63) is 35.4 Å². The SMILES string of the molecule is CCN(CC)C(=O)CNC(=O)c1ccccc1C#CCN. The highest BCUT2D eigenvalue weighted by atomic mass is 16.2. The van der Waals surface area contributed by atoms with Gasteiger partial charge < -0.3 is 16.0 Å². The van der Waals surface area contributed by atoms with E-state index in [4.69, 9.17) is 5.73 Å². The van der Waals surface area contributed by atoms with Crippen molar-refractivity contribution in [3.8, 4) is 11.8 Å². The summed E-state index contributed by atoms with van der Waals surface area (Å²) in [6, 6.07) is 6.99. The van der Waals surface area contributed by atoms with Gasteiger partial charge in [-0.15, -0.1) is 0 Å². The first-order valence-electron chi connectivity index (χ1n) is 6.97. The Morgan fingerprint density at radius 1 is 1.24 bits per heavy atom. The molecule has 0 saturated heterocycles. The van der Waals surface area contributed by atoms with E-state index in [1.54, 1.807) is 29.2 Å². The second-order valence-electron chi connectivity index (χ2n) is 4.30. The molecule has 0 saturated carbocycles. The smallest absolute Gasteiger partial charge is 0.252 e. The van der Waals surface area contributed by atoms with Crippen LogP contribution in [-0.4, -0.2) is 42.9 Å². The predicted molar refractivity (Wildman–Crippen MR) is 82.6 cm³/mol. The van der Waals surface area contributed by atoms with Crippen LogP contribution in [-0.2, 0) is 4.79 Å². The van der Waals surface area contributed by atoms with Gasteiger partial charge >= 0.3 is 0 Å². The van der Waals surface area contributed by atoms with E-state index in [2.05, 4.69) is 17.2 Å². The van der Waals surface area contributed by atoms with Crippen LogP contribution in [0.4, 0.5) is 0 Å². The monoisotopic (exact) mass is 287 g/mol. The average Bonchev–Trinajstić information content (AvgIpc) is 2.52. The zero-order valence-electron chi connectivity index (χ0n) is 12.5. The predicted octanol–water partition coefficient (Wildman–Crippen LogP) is 0.595. The van der Waals surface area contributed by atoms with Gasteiger partial charge in [0.15, 0.2) is 0 Å². The summed E-state index contributed by atoms with van der Waals surface area (Å²) in [6.07, 6.45) is 0. The molecule has 0 aliphatic carbocycles. The van der Waals surface area contributed by atoms with Crippen LogP contribution in [0.15, 0.2) is 24.3 Å². The second kappa shape index (κ2) is 8.77. The van der Waals surface area contributed by atoms with Crippen LogP contribution in [0.1, 0.15) is 29.8 Å². The van der Waals surface area contributed by atoms with E-state index in [9.17, 15) is 9.59 Å². The van der Waals surface area contributed by atoms with E-state index >= 15 is 0 Å². The van der Waals surface area contributed by atoms with E-state index in [0.29, 0.717) is 24.2 Å². The quantitative estimate of drug-likeness (QED) is 0.779. The van der Waals surface area contributed by atoms with Gasteiger partial charge in [-0.1, -0.05) is 24.0 Å². The van der Waals surface area contributed by atoms with Crippen LogP contribution in [0, 0.1) is 11.8 Å². The summed E-state index contributed by atoms with van der Waals surface area (Å²) in [5.74, 6) is 5.17. The lowest BCUT2D eigenvalue weighted by atomic mass is 10.1. The fraction of sp³-hybridized carbons (Fsp3) is 0.375. The van der Waals surface area contributed by atoms with Gasteiger partial charge in [-0.2, -0.15) is 0 Å². The maximum absolute atomic E-state index is 12.2. The van der Waals surface area contributed by atoms with E-state index in [1.807, 2.05) is 13.8 Å². The molecule has 112 valence electrons. The Hall–Kier alpha value is -2.32. The van der Waals surface area contributed by atoms with Gasteiger partial charge in [0.05, 0.1) is 18.7 Å². The van der Waals surface area contributed by atoms with Gasteiger partial charge in [0.2, 0.25) is 5.91 Å². The van der Waals surface area contributed by atoms with Crippen molar-refractivity contribution in [1.29, 1.82) is 0 Å². The van der Waals surface area contributed by atoms with Gasteiger partial charge in [-0.3, -0.25) is 9.59 Å². The standard InChI is InChI=1S/C16H21N3O2/c1-3-19(4-2)15(20)12-18-16(21)14-10-6-5-8-13(14)9-7-11-17/h5-6,8,10H,3-4,11-12,17H2,1-2H3,(H,18,21). The molecule has 0 heterocycles. The first kappa shape index (κ1) is 16.7. The minimum atomic E-state index is -0.308. The number of hydrogen-bond donors (Lipinski definition) is 2. The summed E-state index contributed by atoms with van der Waals surface area (Å²) < 4.78 is 0. The van der Waals surface area contributed by atoms with Gasteiger partial charge in [0.1, 0.15) is 0 Å². The molecule has 1 rings (SSSR count). The van der Waals surface area contributed by atoms with Crippen molar-refractivity contribution >= 4 is 11.8 Å². The number of nitrogens with zero attached hydrogens (tertiary/aromatic N) is 1. The maximum Gasteiger partial charge on any atom is 0.252 e. The summed E-state index contributed by atoms with van der Waals surface area (Å²) >= 11 is 0. The molecule has 0 bridgehead atoms. The number of amides is 2. The number of carbonyl (C=O) groups is 2. The van der Waals surface area contributed by atoms with Crippen LogP contribution < -0.4 is 11.1 Å². The lowest BCUT2D eigenvalue weighted by molar-refractivity contribution is -0.129. The molecule has 5 nitrogen and oxygen atoms in total. The van der Waals surface area contributed by atoms with Crippen molar-refractivity contribution in [2.24, 2.45) is 5.73 Å². The lowest BCUT2D eigenvalue weighted by Crippen LogP contribution is -2.40.